The maximum atomic E-state index is 12.5. The van der Waals surface area contributed by atoms with E-state index >= 15 is 0 Å². The van der Waals surface area contributed by atoms with Crippen LogP contribution in [0.3, 0.4) is 0 Å². The largest absolute Gasteiger partial charge is 0.480 e. The van der Waals surface area contributed by atoms with Crippen molar-refractivity contribution in [3.05, 3.63) is 70.5 Å². The topological polar surface area (TPSA) is 158 Å². The molecule has 0 aliphatic rings. The molecule has 1 heterocycles. The quantitative estimate of drug-likeness (QED) is 0.215. The molecule has 2 unspecified atom stereocenters. The summed E-state index contributed by atoms with van der Waals surface area (Å²) in [4.78, 5) is 26.7. The lowest BCUT2D eigenvalue weighted by atomic mass is 9.87. The number of rotatable bonds is 7. The lowest BCUT2D eigenvalue weighted by Gasteiger charge is -2.23. The first-order chi connectivity index (χ1) is 13.9. The van der Waals surface area contributed by atoms with Crippen molar-refractivity contribution in [2.45, 2.75) is 18.4 Å². The van der Waals surface area contributed by atoms with Gasteiger partial charge in [0.1, 0.15) is 6.04 Å². The van der Waals surface area contributed by atoms with E-state index in [0.29, 0.717) is 11.1 Å². The minimum Gasteiger partial charge on any atom is -0.480 e. The summed E-state index contributed by atoms with van der Waals surface area (Å²) >= 11 is 0. The zero-order valence-corrected chi connectivity index (χ0v) is 19.4. The first-order valence-corrected chi connectivity index (χ1v) is 9.14. The summed E-state index contributed by atoms with van der Waals surface area (Å²) in [5.74, 6) is -1.65. The van der Waals surface area contributed by atoms with Crippen molar-refractivity contribution in [2.75, 3.05) is 6.54 Å². The molecule has 8 nitrogen and oxygen atoms in total. The second-order valence-electron chi connectivity index (χ2n) is 6.86. The number of aromatic nitrogens is 1. The van der Waals surface area contributed by atoms with Gasteiger partial charge in [-0.25, -0.2) is 0 Å². The van der Waals surface area contributed by atoms with E-state index < -0.39 is 12.0 Å². The van der Waals surface area contributed by atoms with Crippen LogP contribution in [0.2, 0.25) is 0 Å². The Labute approximate surface area is 203 Å². The highest BCUT2D eigenvalue weighted by molar-refractivity contribution is 5.86. The second kappa shape index (κ2) is 12.9. The number of benzene rings is 2. The third-order valence-corrected chi connectivity index (χ3v) is 4.84. The van der Waals surface area contributed by atoms with E-state index in [1.165, 1.54) is 0 Å². The van der Waals surface area contributed by atoms with Crippen molar-refractivity contribution in [3.63, 3.8) is 0 Å². The van der Waals surface area contributed by atoms with Crippen LogP contribution in [0.1, 0.15) is 17.9 Å². The number of halogens is 3. The minimum absolute atomic E-state index is 0. The van der Waals surface area contributed by atoms with E-state index in [1.54, 1.807) is 6.07 Å². The van der Waals surface area contributed by atoms with Gasteiger partial charge in [-0.15, -0.1) is 37.2 Å². The summed E-state index contributed by atoms with van der Waals surface area (Å²) in [7, 11) is 0. The number of aromatic amines is 1. The van der Waals surface area contributed by atoms with Crippen molar-refractivity contribution in [2.24, 2.45) is 11.5 Å². The van der Waals surface area contributed by atoms with Gasteiger partial charge < -0.3 is 26.9 Å². The van der Waals surface area contributed by atoms with Gasteiger partial charge in [0, 0.05) is 29.1 Å². The highest BCUT2D eigenvalue weighted by atomic mass is 35.5. The number of H-pyrrole nitrogens is 1. The molecule has 0 fully saturated rings. The number of guanidine groups is 1. The van der Waals surface area contributed by atoms with Gasteiger partial charge in [-0.3, -0.25) is 15.0 Å². The van der Waals surface area contributed by atoms with Gasteiger partial charge in [0.15, 0.2) is 5.96 Å². The molecule has 0 aliphatic heterocycles. The van der Waals surface area contributed by atoms with E-state index in [-0.39, 0.29) is 67.6 Å². The Morgan fingerprint density at radius 3 is 2.38 bits per heavy atom. The summed E-state index contributed by atoms with van der Waals surface area (Å²) in [6, 6.07) is 15.5. The average molecular weight is 503 g/mol. The molecule has 0 saturated carbocycles. The molecule has 174 valence electrons. The van der Waals surface area contributed by atoms with Gasteiger partial charge in [0.25, 0.3) is 5.56 Å². The smallest absolute Gasteiger partial charge is 0.320 e. The number of hydrogen-bond donors (Lipinski definition) is 6. The maximum absolute atomic E-state index is 12.5. The molecule has 11 heteroatoms. The third kappa shape index (κ3) is 6.86. The fraction of sp³-hybridized carbons (Fsp3) is 0.190. The van der Waals surface area contributed by atoms with Crippen LogP contribution in [0, 0.1) is 5.41 Å². The number of nitrogens with one attached hydrogen (secondary N) is 3. The van der Waals surface area contributed by atoms with Crippen molar-refractivity contribution < 1.29 is 9.90 Å². The van der Waals surface area contributed by atoms with Crippen molar-refractivity contribution in [3.8, 4) is 11.3 Å². The number of nitrogens with two attached hydrogens (primary N) is 2. The van der Waals surface area contributed by atoms with Gasteiger partial charge in [-0.2, -0.15) is 0 Å². The van der Waals surface area contributed by atoms with E-state index in [2.05, 4.69) is 10.3 Å². The molecule has 0 spiro atoms. The standard InChI is InChI=1S/C21H23N5O3.3ClH/c22-17(20(28)29)9-13(11-25-21(23)24)14-6-3-4-8-16(14)18-10-12-5-1-2-7-15(12)19(27)26-18;;;/h1-8,10,13,17H,9,11,22H2,(H,26,27)(H,28,29)(H4,23,24,25);3*1H. The molecule has 0 aliphatic carbocycles. The molecule has 8 N–H and O–H groups in total. The Kier molecular flexibility index (Phi) is 11.8. The molecule has 32 heavy (non-hydrogen) atoms. The molecule has 3 aromatic rings. The summed E-state index contributed by atoms with van der Waals surface area (Å²) < 4.78 is 0. The van der Waals surface area contributed by atoms with Crippen LogP contribution in [-0.4, -0.2) is 34.6 Å². The third-order valence-electron chi connectivity index (χ3n) is 4.84. The second-order valence-corrected chi connectivity index (χ2v) is 6.86. The lowest BCUT2D eigenvalue weighted by Crippen LogP contribution is -2.38. The predicted octanol–water partition coefficient (Wildman–Crippen LogP) is 2.83. The highest BCUT2D eigenvalue weighted by Crippen LogP contribution is 2.31. The monoisotopic (exact) mass is 501 g/mol. The van der Waals surface area contributed by atoms with Crippen molar-refractivity contribution in [1.29, 1.82) is 5.41 Å². The number of carboxylic acid groups (broad SMARTS) is 1. The zero-order chi connectivity index (χ0) is 21.0. The molecule has 1 aromatic heterocycles. The van der Waals surface area contributed by atoms with Crippen molar-refractivity contribution >= 4 is 59.9 Å². The van der Waals surface area contributed by atoms with Crippen LogP contribution in [-0.2, 0) is 4.79 Å². The van der Waals surface area contributed by atoms with Crippen LogP contribution in [0.15, 0.2) is 59.4 Å². The number of fused-ring (bicyclic) bond motifs is 1. The fourth-order valence-corrected chi connectivity index (χ4v) is 3.42. The maximum Gasteiger partial charge on any atom is 0.320 e. The fourth-order valence-electron chi connectivity index (χ4n) is 3.42. The molecule has 0 radical (unpaired) electrons. The highest BCUT2D eigenvalue weighted by Gasteiger charge is 2.23. The Morgan fingerprint density at radius 1 is 1.09 bits per heavy atom. The Bertz CT molecular complexity index is 1120. The zero-order valence-electron chi connectivity index (χ0n) is 16.9. The number of aliphatic carboxylic acids is 1. The normalized spacial score (nSPS) is 11.8. The van der Waals surface area contributed by atoms with Gasteiger partial charge in [0.05, 0.1) is 0 Å². The van der Waals surface area contributed by atoms with Crippen LogP contribution >= 0.6 is 37.2 Å². The van der Waals surface area contributed by atoms with Gasteiger partial charge in [-0.05, 0) is 29.5 Å². The Balaban J connectivity index is 0.00000320. The molecular formula is C21H26Cl3N5O3. The van der Waals surface area contributed by atoms with E-state index in [0.717, 1.165) is 16.5 Å². The van der Waals surface area contributed by atoms with Crippen LogP contribution in [0.25, 0.3) is 22.0 Å². The molecule has 0 amide bonds. The Hall–Kier alpha value is -2.78. The summed E-state index contributed by atoms with van der Waals surface area (Å²) in [6.45, 7) is 0.241. The summed E-state index contributed by atoms with van der Waals surface area (Å²) in [5, 5.41) is 20.8. The van der Waals surface area contributed by atoms with E-state index in [9.17, 15) is 14.7 Å². The average Bonchev–Trinajstić information content (AvgIpc) is 2.70. The first kappa shape index (κ1) is 29.2. The number of hydrogen-bond acceptors (Lipinski definition) is 4. The molecule has 2 aromatic carbocycles. The molecule has 2 atom stereocenters. The van der Waals surface area contributed by atoms with Crippen molar-refractivity contribution in [1.82, 2.24) is 10.3 Å². The van der Waals surface area contributed by atoms with Crippen LogP contribution < -0.4 is 22.3 Å². The minimum atomic E-state index is -1.10. The summed E-state index contributed by atoms with van der Waals surface area (Å²) in [6.07, 6.45) is 0.143. The number of pyridine rings is 1. The molecule has 0 bridgehead atoms. The van der Waals surface area contributed by atoms with E-state index in [1.807, 2.05) is 48.5 Å². The number of carboxylic acids is 1. The SMILES string of the molecule is Cl.Cl.Cl.N=C(N)NCC(CC(N)C(=O)O)c1ccccc1-c1cc2ccccc2c(=O)[nH]1. The molecule has 0 saturated heterocycles. The summed E-state index contributed by atoms with van der Waals surface area (Å²) in [5.41, 5.74) is 13.2. The van der Waals surface area contributed by atoms with Gasteiger partial charge in [-0.1, -0.05) is 42.5 Å². The van der Waals surface area contributed by atoms with Gasteiger partial charge in [0.2, 0.25) is 0 Å². The first-order valence-electron chi connectivity index (χ1n) is 9.14. The molecular weight excluding hydrogens is 477 g/mol. The number of carbonyl (C=O) groups is 1. The lowest BCUT2D eigenvalue weighted by molar-refractivity contribution is -0.138. The van der Waals surface area contributed by atoms with Crippen LogP contribution in [0.5, 0.6) is 0 Å². The van der Waals surface area contributed by atoms with Crippen LogP contribution in [0.4, 0.5) is 0 Å². The Morgan fingerprint density at radius 2 is 1.72 bits per heavy atom. The molecule has 3 rings (SSSR count). The van der Waals surface area contributed by atoms with E-state index in [4.69, 9.17) is 16.9 Å². The van der Waals surface area contributed by atoms with Gasteiger partial charge >= 0.3 is 5.97 Å². The predicted molar refractivity (Wildman–Crippen MR) is 135 cm³/mol.